The molecule has 0 aromatic heterocycles. The molecule has 112 valence electrons. The minimum Gasteiger partial charge on any atom is -0.349 e. The van der Waals surface area contributed by atoms with Crippen LogP contribution in [0.1, 0.15) is 23.7 Å². The largest absolute Gasteiger partial charge is 0.349 e. The normalized spacial score (nSPS) is 22.0. The quantitative estimate of drug-likeness (QED) is 0.787. The topological polar surface area (TPSA) is 41.1 Å². The summed E-state index contributed by atoms with van der Waals surface area (Å²) in [7, 11) is 0. The first-order chi connectivity index (χ1) is 8.99. The summed E-state index contributed by atoms with van der Waals surface area (Å²) in [4.78, 5) is 12.1. The van der Waals surface area contributed by atoms with Crippen LogP contribution in [-0.4, -0.2) is 25.0 Å². The molecule has 3 nitrogen and oxygen atoms in total. The summed E-state index contributed by atoms with van der Waals surface area (Å²) in [6.45, 7) is 3.72. The van der Waals surface area contributed by atoms with Crippen LogP contribution >= 0.6 is 28.3 Å². The van der Waals surface area contributed by atoms with Crippen LogP contribution in [-0.2, 0) is 0 Å². The molecule has 1 aliphatic heterocycles. The first-order valence-electron chi connectivity index (χ1n) is 6.15. The maximum atomic E-state index is 13.2. The van der Waals surface area contributed by atoms with Gasteiger partial charge >= 0.3 is 0 Å². The van der Waals surface area contributed by atoms with E-state index in [1.165, 1.54) is 0 Å². The molecule has 0 aliphatic carbocycles. The highest BCUT2D eigenvalue weighted by Gasteiger charge is 2.24. The van der Waals surface area contributed by atoms with E-state index in [0.717, 1.165) is 31.6 Å². The Kier molecular flexibility index (Phi) is 6.36. The van der Waals surface area contributed by atoms with Gasteiger partial charge in [-0.2, -0.15) is 0 Å². The highest BCUT2D eigenvalue weighted by molar-refractivity contribution is 9.10. The highest BCUT2D eigenvalue weighted by Crippen LogP contribution is 2.21. The van der Waals surface area contributed by atoms with E-state index in [9.17, 15) is 13.6 Å². The third-order valence-corrected chi connectivity index (χ3v) is 4.01. The van der Waals surface area contributed by atoms with Crippen LogP contribution in [0.2, 0.25) is 0 Å². The zero-order chi connectivity index (χ0) is 14.0. The van der Waals surface area contributed by atoms with E-state index in [1.807, 2.05) is 6.92 Å². The maximum Gasteiger partial charge on any atom is 0.252 e. The van der Waals surface area contributed by atoms with Crippen LogP contribution in [0.3, 0.4) is 0 Å². The van der Waals surface area contributed by atoms with Gasteiger partial charge in [-0.3, -0.25) is 4.79 Å². The third-order valence-electron chi connectivity index (χ3n) is 3.36. The molecule has 1 amide bonds. The van der Waals surface area contributed by atoms with E-state index in [2.05, 4.69) is 26.6 Å². The molecular formula is C13H16BrClF2N2O. The van der Waals surface area contributed by atoms with Crippen molar-refractivity contribution in [2.45, 2.75) is 19.4 Å². The molecule has 0 saturated carbocycles. The van der Waals surface area contributed by atoms with Crippen molar-refractivity contribution in [2.75, 3.05) is 13.1 Å². The first-order valence-corrected chi connectivity index (χ1v) is 6.94. The van der Waals surface area contributed by atoms with Crippen molar-refractivity contribution in [1.82, 2.24) is 10.6 Å². The zero-order valence-corrected chi connectivity index (χ0v) is 13.3. The Hall–Kier alpha value is -0.720. The average molecular weight is 370 g/mol. The second-order valence-corrected chi connectivity index (χ2v) is 5.65. The number of carbonyl (C=O) groups is 1. The zero-order valence-electron chi connectivity index (χ0n) is 10.9. The maximum absolute atomic E-state index is 13.2. The minimum atomic E-state index is -1.02. The van der Waals surface area contributed by atoms with E-state index in [4.69, 9.17) is 0 Å². The molecular weight excluding hydrogens is 354 g/mol. The summed E-state index contributed by atoms with van der Waals surface area (Å²) in [5.74, 6) is -2.07. The molecule has 1 heterocycles. The van der Waals surface area contributed by atoms with Gasteiger partial charge in [0.25, 0.3) is 5.91 Å². The fraction of sp³-hybridized carbons (Fsp3) is 0.462. The minimum absolute atomic E-state index is 0. The number of piperidine rings is 1. The van der Waals surface area contributed by atoms with Gasteiger partial charge in [0.05, 0.1) is 5.56 Å². The van der Waals surface area contributed by atoms with Crippen LogP contribution in [0, 0.1) is 17.6 Å². The molecule has 0 spiro atoms. The molecule has 7 heteroatoms. The Bertz CT molecular complexity index is 502. The smallest absolute Gasteiger partial charge is 0.252 e. The monoisotopic (exact) mass is 368 g/mol. The van der Waals surface area contributed by atoms with Crippen molar-refractivity contribution >= 4 is 34.2 Å². The van der Waals surface area contributed by atoms with Crippen molar-refractivity contribution in [1.29, 1.82) is 0 Å². The Morgan fingerprint density at radius 2 is 2.05 bits per heavy atom. The number of amides is 1. The second kappa shape index (κ2) is 7.33. The lowest BCUT2D eigenvalue weighted by Gasteiger charge is -2.30. The number of hydrogen-bond donors (Lipinski definition) is 2. The van der Waals surface area contributed by atoms with Crippen molar-refractivity contribution < 1.29 is 13.6 Å². The van der Waals surface area contributed by atoms with Crippen LogP contribution in [0.15, 0.2) is 16.6 Å². The van der Waals surface area contributed by atoms with Gasteiger partial charge in [-0.05, 0) is 53.5 Å². The van der Waals surface area contributed by atoms with Crippen molar-refractivity contribution in [3.05, 3.63) is 33.8 Å². The van der Waals surface area contributed by atoms with Crippen molar-refractivity contribution in [2.24, 2.45) is 5.92 Å². The second-order valence-electron chi connectivity index (χ2n) is 4.80. The van der Waals surface area contributed by atoms with Gasteiger partial charge in [0, 0.05) is 10.5 Å². The van der Waals surface area contributed by atoms with Gasteiger partial charge in [0.1, 0.15) is 0 Å². The Labute approximate surface area is 131 Å². The van der Waals surface area contributed by atoms with Gasteiger partial charge in [-0.25, -0.2) is 8.78 Å². The van der Waals surface area contributed by atoms with Crippen molar-refractivity contribution in [3.63, 3.8) is 0 Å². The summed E-state index contributed by atoms with van der Waals surface area (Å²) >= 11 is 3.08. The molecule has 1 saturated heterocycles. The molecule has 2 rings (SSSR count). The van der Waals surface area contributed by atoms with Crippen molar-refractivity contribution in [3.8, 4) is 0 Å². The SMILES string of the molecule is CC1CNCCC1NC(=O)c1cc(F)c(F)cc1Br.Cl. The number of carbonyl (C=O) groups excluding carboxylic acids is 1. The third kappa shape index (κ3) is 3.90. The van der Waals surface area contributed by atoms with Gasteiger partial charge in [0.15, 0.2) is 11.6 Å². The number of rotatable bonds is 2. The van der Waals surface area contributed by atoms with E-state index >= 15 is 0 Å². The van der Waals surface area contributed by atoms with E-state index in [0.29, 0.717) is 5.92 Å². The Morgan fingerprint density at radius 3 is 2.70 bits per heavy atom. The van der Waals surface area contributed by atoms with Crippen LogP contribution < -0.4 is 10.6 Å². The fourth-order valence-corrected chi connectivity index (χ4v) is 2.67. The van der Waals surface area contributed by atoms with Crippen LogP contribution in [0.25, 0.3) is 0 Å². The first kappa shape index (κ1) is 17.3. The van der Waals surface area contributed by atoms with Crippen LogP contribution in [0.4, 0.5) is 8.78 Å². The molecule has 1 aliphatic rings. The molecule has 2 unspecified atom stereocenters. The molecule has 0 radical (unpaired) electrons. The molecule has 1 aromatic rings. The molecule has 2 N–H and O–H groups in total. The highest BCUT2D eigenvalue weighted by atomic mass is 79.9. The molecule has 1 fully saturated rings. The number of nitrogens with one attached hydrogen (secondary N) is 2. The van der Waals surface area contributed by atoms with E-state index < -0.39 is 11.6 Å². The molecule has 1 aromatic carbocycles. The predicted octanol–water partition coefficient (Wildman–Crippen LogP) is 2.88. The summed E-state index contributed by atoms with van der Waals surface area (Å²) in [6.07, 6.45) is 0.828. The average Bonchev–Trinajstić information content (AvgIpc) is 2.36. The fourth-order valence-electron chi connectivity index (χ4n) is 2.17. The summed E-state index contributed by atoms with van der Waals surface area (Å²) in [6, 6.07) is 1.94. The standard InChI is InChI=1S/C13H15BrF2N2O.ClH/c1-7-6-17-3-2-12(7)18-13(19)8-4-10(15)11(16)5-9(8)14;/h4-5,7,12,17H,2-3,6H2,1H3,(H,18,19);1H. The number of hydrogen-bond acceptors (Lipinski definition) is 2. The lowest BCUT2D eigenvalue weighted by Crippen LogP contribution is -2.48. The lowest BCUT2D eigenvalue weighted by molar-refractivity contribution is 0.0913. The number of benzene rings is 1. The molecule has 0 bridgehead atoms. The Morgan fingerprint density at radius 1 is 1.40 bits per heavy atom. The summed E-state index contributed by atoms with van der Waals surface area (Å²) in [5, 5.41) is 6.11. The van der Waals surface area contributed by atoms with Gasteiger partial charge < -0.3 is 10.6 Å². The summed E-state index contributed by atoms with van der Waals surface area (Å²) < 4.78 is 26.4. The molecule has 2 atom stereocenters. The van der Waals surface area contributed by atoms with Crippen LogP contribution in [0.5, 0.6) is 0 Å². The van der Waals surface area contributed by atoms with Gasteiger partial charge in [-0.15, -0.1) is 12.4 Å². The lowest BCUT2D eigenvalue weighted by atomic mass is 9.95. The van der Waals surface area contributed by atoms with E-state index in [1.54, 1.807) is 0 Å². The van der Waals surface area contributed by atoms with Gasteiger partial charge in [-0.1, -0.05) is 6.92 Å². The van der Waals surface area contributed by atoms with E-state index in [-0.39, 0.29) is 34.4 Å². The molecule has 20 heavy (non-hydrogen) atoms. The Balaban J connectivity index is 0.00000200. The summed E-state index contributed by atoms with van der Waals surface area (Å²) in [5.41, 5.74) is 0.115. The van der Waals surface area contributed by atoms with Gasteiger partial charge in [0.2, 0.25) is 0 Å². The predicted molar refractivity (Wildman–Crippen MR) is 79.2 cm³/mol. The number of halogens is 4.